The van der Waals surface area contributed by atoms with Gasteiger partial charge in [0.1, 0.15) is 23.3 Å². The van der Waals surface area contributed by atoms with Gasteiger partial charge < -0.3 is 18.9 Å². The van der Waals surface area contributed by atoms with E-state index >= 15 is 0 Å². The van der Waals surface area contributed by atoms with Crippen LogP contribution in [0.25, 0.3) is 102 Å². The molecule has 4 aromatic carbocycles. The Morgan fingerprint density at radius 3 is 1.46 bits per heavy atom. The summed E-state index contributed by atoms with van der Waals surface area (Å²) >= 11 is 15.4. The molecule has 0 spiro atoms. The van der Waals surface area contributed by atoms with E-state index in [0.29, 0.717) is 11.3 Å². The van der Waals surface area contributed by atoms with Crippen molar-refractivity contribution in [3.05, 3.63) is 164 Å². The highest BCUT2D eigenvalue weighted by molar-refractivity contribution is 7.27. The third-order valence-corrected chi connectivity index (χ3v) is 18.9. The Kier molecular flexibility index (Phi) is 17.1. The number of pyridine rings is 4. The molecule has 11 aromatic heterocycles. The van der Waals surface area contributed by atoms with E-state index in [0.717, 1.165) is 115 Å². The summed E-state index contributed by atoms with van der Waals surface area (Å²) in [6.45, 7) is 2.07. The number of aryl methyl sites for hydroxylation is 1. The van der Waals surface area contributed by atoms with Crippen LogP contribution >= 0.6 is 56.7 Å². The second-order valence-corrected chi connectivity index (χ2v) is 23.6. The molecule has 0 bridgehead atoms. The van der Waals surface area contributed by atoms with Gasteiger partial charge in [-0.2, -0.15) is 5.26 Å². The van der Waals surface area contributed by atoms with Gasteiger partial charge in [-0.25, -0.2) is 29.3 Å². The van der Waals surface area contributed by atoms with Crippen molar-refractivity contribution < 1.29 is 23.3 Å². The second kappa shape index (κ2) is 24.7. The van der Waals surface area contributed by atoms with Gasteiger partial charge in [0.2, 0.25) is 0 Å². The van der Waals surface area contributed by atoms with Crippen LogP contribution in [0.4, 0.5) is 4.39 Å². The summed E-state index contributed by atoms with van der Waals surface area (Å²) in [5, 5.41) is 14.1. The molecular weight excluding hydrogens is 1170 g/mol. The minimum Gasteiger partial charge on any atom is -0.650 e. The van der Waals surface area contributed by atoms with Crippen LogP contribution in [0.2, 0.25) is 0 Å². The number of fused-ring (bicyclic) bond motifs is 15. The number of aromatic nitrogens is 8. The summed E-state index contributed by atoms with van der Waals surface area (Å²) in [5.74, 6) is 3.64. The van der Waals surface area contributed by atoms with Crippen molar-refractivity contribution in [3.63, 3.8) is 0 Å². The van der Waals surface area contributed by atoms with Crippen LogP contribution in [0.5, 0.6) is 28.7 Å². The van der Waals surface area contributed by atoms with Crippen molar-refractivity contribution in [2.75, 3.05) is 0 Å². The largest absolute Gasteiger partial charge is 0.650 e. The van der Waals surface area contributed by atoms with Crippen molar-refractivity contribution >= 4 is 241 Å². The minimum absolute atomic E-state index is 0.277. The van der Waals surface area contributed by atoms with Crippen LogP contribution in [0.3, 0.4) is 0 Å². The normalized spacial score (nSPS) is 10.9. The Morgan fingerprint density at radius 2 is 0.873 bits per heavy atom. The van der Waals surface area contributed by atoms with Gasteiger partial charge in [-0.15, -0.1) is 56.7 Å². The molecule has 0 N–H and O–H groups in total. The van der Waals surface area contributed by atoms with Gasteiger partial charge in [0, 0.05) is 62.0 Å². The SMILES string of the molecule is Cc1cc([O][AlH])c2c(c1)sc1cncnc12.Fc1cc([O][AlH])c2c(c1)sc1cccnc12.N#Cc1cc([O][AlH])c2c(c1)sc1cccnc12.[AlH][O]c1cccc2sc3cncnc3c12.[AlH][O]c1ccnc2sc3cccnc3c12. The number of benzene rings is 4. The molecule has 0 atom stereocenters. The lowest BCUT2D eigenvalue weighted by atomic mass is 10.1. The first-order valence-electron chi connectivity index (χ1n) is 23.4. The van der Waals surface area contributed by atoms with Crippen molar-refractivity contribution in [1.29, 1.82) is 5.26 Å². The summed E-state index contributed by atoms with van der Waals surface area (Å²) in [7, 11) is 0. The monoisotopic (exact) mass is 1200 g/mol. The van der Waals surface area contributed by atoms with Gasteiger partial charge in [-0.05, 0) is 97.4 Å². The van der Waals surface area contributed by atoms with Crippen LogP contribution in [0, 0.1) is 24.1 Å². The highest BCUT2D eigenvalue weighted by Gasteiger charge is 2.16. The fourth-order valence-electron chi connectivity index (χ4n) is 8.73. The number of nitriles is 1. The topological polar surface area (TPSA) is 173 Å². The molecule has 0 aliphatic carbocycles. The fourth-order valence-corrected chi connectivity index (χ4v) is 15.3. The Hall–Kier alpha value is -6.18. The molecule has 0 aliphatic rings. The van der Waals surface area contributed by atoms with Crippen LogP contribution < -0.4 is 18.9 Å². The lowest BCUT2D eigenvalue weighted by molar-refractivity contribution is 0.593. The number of nitrogens with zero attached hydrogens (tertiary/aromatic N) is 9. The minimum atomic E-state index is -0.277. The van der Waals surface area contributed by atoms with Crippen LogP contribution in [-0.2, 0) is 0 Å². The molecule has 0 fully saturated rings. The van der Waals surface area contributed by atoms with Crippen molar-refractivity contribution in [1.82, 2.24) is 39.9 Å². The molecule has 0 aliphatic heterocycles. The molecule has 375 valence electrons. The lowest BCUT2D eigenvalue weighted by Crippen LogP contribution is -1.87. The summed E-state index contributed by atoms with van der Waals surface area (Å²) in [6.07, 6.45) is 13.9. The molecule has 15 aromatic rings. The molecule has 0 saturated carbocycles. The number of rotatable bonds is 5. The maximum absolute atomic E-state index is 13.3. The van der Waals surface area contributed by atoms with Crippen LogP contribution in [-0.4, -0.2) is 123 Å². The molecule has 14 nitrogen and oxygen atoms in total. The zero-order valence-electron chi connectivity index (χ0n) is 41.4. The molecule has 5 radical (unpaired) electrons. The van der Waals surface area contributed by atoms with Gasteiger partial charge in [0.15, 0.2) is 0 Å². The average Bonchev–Trinajstić information content (AvgIpc) is 4.47. The molecule has 79 heavy (non-hydrogen) atoms. The van der Waals surface area contributed by atoms with Crippen LogP contribution in [0.15, 0.2) is 147 Å². The van der Waals surface area contributed by atoms with E-state index in [1.807, 2.05) is 73.1 Å². The standard InChI is InChI=1S/C12H6N2OS.C11H6FNOS.C11H8N2OS.2C10H6N2OS.5Al.5H/c13-6-7-4-8(15)11-10(5-7)16-9-2-1-3-14-12(9)11;12-6-4-7(14)10-9(5-6)15-8-2-1-3-13-11(8)10;1-6-2-7(14)10-8(3-6)15-9-4-12-5-13-11(9)10;13-6-3-5-12-10-8(6)9-7(14-10)2-1-4-11-9;13-6-2-1-3-7-9(6)10-8(14-7)4-11-5-12-10;;;;;;;;;;/h1-5,15H;1-5,14H;2-5,14H,1H3;1-5H,(H,12,13);1-5,13H;;;;;;;;;;/q;;;;;5*+1;;;;;/p-5. The first-order valence-corrected chi connectivity index (χ1v) is 30.3. The summed E-state index contributed by atoms with van der Waals surface area (Å²) < 4.78 is 49.9. The highest BCUT2D eigenvalue weighted by Crippen LogP contribution is 2.42. The van der Waals surface area contributed by atoms with E-state index in [2.05, 4.69) is 71.1 Å². The third kappa shape index (κ3) is 11.2. The average molecular weight is 1200 g/mol. The Labute approximate surface area is 510 Å². The third-order valence-electron chi connectivity index (χ3n) is 12.0. The van der Waals surface area contributed by atoms with Crippen LogP contribution in [0.1, 0.15) is 11.1 Å². The second-order valence-electron chi connectivity index (χ2n) is 16.7. The Bertz CT molecular complexity index is 4560. The van der Waals surface area contributed by atoms with Gasteiger partial charge in [0.05, 0.1) is 118 Å². The van der Waals surface area contributed by atoms with Crippen molar-refractivity contribution in [2.24, 2.45) is 0 Å². The van der Waals surface area contributed by atoms with E-state index in [-0.39, 0.29) is 5.82 Å². The maximum atomic E-state index is 13.3. The van der Waals surface area contributed by atoms with Gasteiger partial charge in [-0.1, -0.05) is 6.07 Å². The summed E-state index contributed by atoms with van der Waals surface area (Å²) in [6, 6.07) is 32.6. The molecule has 0 amide bonds. The molecule has 11 heterocycles. The summed E-state index contributed by atoms with van der Waals surface area (Å²) in [5.41, 5.74) is 6.58. The van der Waals surface area contributed by atoms with Crippen molar-refractivity contribution in [3.8, 4) is 34.8 Å². The predicted octanol–water partition coefficient (Wildman–Crippen LogP) is 11.7. The van der Waals surface area contributed by atoms with Gasteiger partial charge in [-0.3, -0.25) is 15.0 Å². The molecular formula is C54H32Al5FN9O5S5. The lowest BCUT2D eigenvalue weighted by Gasteiger charge is -2.05. The highest BCUT2D eigenvalue weighted by atomic mass is 32.1. The number of hydrogen-bond acceptors (Lipinski definition) is 19. The molecule has 15 rings (SSSR count). The first-order chi connectivity index (χ1) is 38.7. The first kappa shape index (κ1) is 54.8. The van der Waals surface area contributed by atoms with E-state index in [1.54, 1.807) is 88.9 Å². The van der Waals surface area contributed by atoms with E-state index < -0.39 is 0 Å². The predicted molar refractivity (Wildman–Crippen MR) is 327 cm³/mol. The molecule has 25 heteroatoms. The van der Waals surface area contributed by atoms with E-state index in [1.165, 1.54) is 122 Å². The van der Waals surface area contributed by atoms with E-state index in [4.69, 9.17) is 24.2 Å². The van der Waals surface area contributed by atoms with Crippen molar-refractivity contribution in [2.45, 2.75) is 6.92 Å². The Balaban J connectivity index is 0.000000105. The smallest absolute Gasteiger partial charge is 0.494 e. The zero-order valence-corrected chi connectivity index (χ0v) is 52.5. The number of thiophene rings is 5. The Morgan fingerprint density at radius 1 is 0.418 bits per heavy atom. The number of halogens is 1. The maximum Gasteiger partial charge on any atom is 0.494 e. The van der Waals surface area contributed by atoms with Gasteiger partial charge in [0.25, 0.3) is 0 Å². The molecule has 0 unspecified atom stereocenters. The fraction of sp³-hybridized carbons (Fsp3) is 0.0185. The quantitative estimate of drug-likeness (QED) is 0.149. The zero-order chi connectivity index (χ0) is 54.6. The summed E-state index contributed by atoms with van der Waals surface area (Å²) in [4.78, 5) is 35.1. The number of hydrogen-bond donors (Lipinski definition) is 0. The van der Waals surface area contributed by atoms with E-state index in [9.17, 15) is 4.39 Å². The molecule has 0 saturated heterocycles. The van der Waals surface area contributed by atoms with Gasteiger partial charge >= 0.3 is 83.1 Å².